The fourth-order valence-electron chi connectivity index (χ4n) is 3.46. The summed E-state index contributed by atoms with van der Waals surface area (Å²) >= 11 is 0. The Morgan fingerprint density at radius 2 is 1.67 bits per heavy atom. The molecule has 0 fully saturated rings. The molecule has 1 aliphatic heterocycles. The van der Waals surface area contributed by atoms with Gasteiger partial charge in [0.25, 0.3) is 0 Å². The molecule has 0 N–H and O–H groups in total. The van der Waals surface area contributed by atoms with Crippen LogP contribution in [-0.2, 0) is 0 Å². The Labute approximate surface area is 116 Å². The second-order valence-corrected chi connectivity index (χ2v) is 10.6. The minimum Gasteiger partial charge on any atom is -0.0958 e. The molecule has 0 atom stereocenters. The smallest absolute Gasteiger partial charge is 0.0958 e. The predicted octanol–water partition coefficient (Wildman–Crippen LogP) is 5.68. The molecule has 18 heavy (non-hydrogen) atoms. The zero-order valence-electron chi connectivity index (χ0n) is 13.4. The van der Waals surface area contributed by atoms with Gasteiger partial charge in [0.15, 0.2) is 6.71 Å². The van der Waals surface area contributed by atoms with Crippen molar-refractivity contribution in [2.75, 3.05) is 0 Å². The Kier molecular flexibility index (Phi) is 5.97. The first-order chi connectivity index (χ1) is 8.51. The van der Waals surface area contributed by atoms with Crippen LogP contribution in [-0.4, -0.2) is 14.8 Å². The van der Waals surface area contributed by atoms with E-state index in [1.807, 2.05) is 5.20 Å². The van der Waals surface area contributed by atoms with Gasteiger partial charge in [0.2, 0.25) is 0 Å². The maximum Gasteiger partial charge on any atom is 0.174 e. The van der Waals surface area contributed by atoms with Gasteiger partial charge in [-0.3, -0.25) is 0 Å². The average Bonchev–Trinajstić information content (AvgIpc) is 2.59. The van der Waals surface area contributed by atoms with Crippen LogP contribution in [0, 0.1) is 0 Å². The number of rotatable bonds is 7. The van der Waals surface area contributed by atoms with Gasteiger partial charge >= 0.3 is 0 Å². The summed E-state index contributed by atoms with van der Waals surface area (Å²) in [6.07, 6.45) is 7.91. The van der Waals surface area contributed by atoms with Gasteiger partial charge in [0.1, 0.15) is 0 Å². The molecule has 0 amide bonds. The molecule has 0 saturated carbocycles. The van der Waals surface area contributed by atoms with Crippen molar-refractivity contribution in [2.45, 2.75) is 79.1 Å². The summed E-state index contributed by atoms with van der Waals surface area (Å²) in [6, 6.07) is 0. The molecule has 102 valence electrons. The quantitative estimate of drug-likeness (QED) is 0.517. The van der Waals surface area contributed by atoms with E-state index in [1.165, 1.54) is 38.3 Å². The van der Waals surface area contributed by atoms with Gasteiger partial charge in [-0.15, -0.1) is 0 Å². The zero-order chi connectivity index (χ0) is 13.8. The summed E-state index contributed by atoms with van der Waals surface area (Å²) in [5.41, 5.74) is 6.22. The number of unbranched alkanes of at least 4 members (excludes halogenated alkanes) is 1. The van der Waals surface area contributed by atoms with Crippen molar-refractivity contribution in [3.8, 4) is 0 Å². The lowest BCUT2D eigenvalue weighted by Crippen LogP contribution is -2.24. The van der Waals surface area contributed by atoms with Crippen LogP contribution in [0.2, 0.25) is 25.7 Å². The van der Waals surface area contributed by atoms with E-state index in [2.05, 4.69) is 46.5 Å². The number of hydrogen-bond donors (Lipinski definition) is 0. The summed E-state index contributed by atoms with van der Waals surface area (Å²) in [6.45, 7) is 15.3. The monoisotopic (exact) mass is 262 g/mol. The van der Waals surface area contributed by atoms with Crippen molar-refractivity contribution in [2.24, 2.45) is 0 Å². The molecule has 1 heterocycles. The van der Waals surface area contributed by atoms with Crippen molar-refractivity contribution >= 4 is 14.8 Å². The molecule has 0 aromatic carbocycles. The van der Waals surface area contributed by atoms with E-state index in [0.29, 0.717) is 0 Å². The molecule has 0 aliphatic carbocycles. The fraction of sp³-hybridized carbons (Fsp3) is 0.750. The molecule has 1 rings (SSSR count). The highest BCUT2D eigenvalue weighted by molar-refractivity contribution is 6.92. The Hall–Kier alpha value is -0.238. The molecular weight excluding hydrogens is 231 g/mol. The molecule has 1 aliphatic rings. The summed E-state index contributed by atoms with van der Waals surface area (Å²) in [5.74, 6) is 0. The highest BCUT2D eigenvalue weighted by atomic mass is 28.3. The summed E-state index contributed by atoms with van der Waals surface area (Å²) in [7, 11) is -1.23. The van der Waals surface area contributed by atoms with E-state index in [0.717, 1.165) is 6.71 Å². The first-order valence-corrected chi connectivity index (χ1v) is 11.0. The van der Waals surface area contributed by atoms with Gasteiger partial charge in [0, 0.05) is 0 Å². The standard InChI is InChI=1S/C16H31BSi/c1-7-11-12-16-14(8-2)15(13-18(16,5)6)17(9-3)10-4/h13H,7-12H2,1-6H3. The largest absolute Gasteiger partial charge is 0.174 e. The van der Waals surface area contributed by atoms with Crippen LogP contribution in [0.3, 0.4) is 0 Å². The lowest BCUT2D eigenvalue weighted by Gasteiger charge is -2.20. The molecule has 2 heteroatoms. The molecule has 0 aromatic rings. The molecule has 0 radical (unpaired) electrons. The molecule has 0 unspecified atom stereocenters. The topological polar surface area (TPSA) is 0 Å². The highest BCUT2D eigenvalue weighted by Gasteiger charge is 2.35. The van der Waals surface area contributed by atoms with Crippen molar-refractivity contribution in [3.63, 3.8) is 0 Å². The second kappa shape index (κ2) is 6.79. The van der Waals surface area contributed by atoms with Crippen molar-refractivity contribution in [3.05, 3.63) is 21.9 Å². The van der Waals surface area contributed by atoms with Crippen LogP contribution >= 0.6 is 0 Å². The first kappa shape index (κ1) is 15.8. The summed E-state index contributed by atoms with van der Waals surface area (Å²) < 4.78 is 0. The Morgan fingerprint density at radius 1 is 1.06 bits per heavy atom. The third-order valence-electron chi connectivity index (χ3n) is 4.57. The SMILES string of the molecule is CCCCC1=C(CC)C(B(CC)CC)=C[Si]1(C)C. The molecule has 0 saturated heterocycles. The Balaban J connectivity index is 3.08. The van der Waals surface area contributed by atoms with Gasteiger partial charge in [-0.05, 0) is 12.8 Å². The zero-order valence-corrected chi connectivity index (χ0v) is 14.4. The van der Waals surface area contributed by atoms with Gasteiger partial charge < -0.3 is 0 Å². The van der Waals surface area contributed by atoms with Gasteiger partial charge in [-0.2, -0.15) is 0 Å². The minimum atomic E-state index is -1.23. The highest BCUT2D eigenvalue weighted by Crippen LogP contribution is 2.39. The van der Waals surface area contributed by atoms with Crippen molar-refractivity contribution < 1.29 is 0 Å². The number of allylic oxidation sites excluding steroid dienone is 3. The average molecular weight is 262 g/mol. The minimum absolute atomic E-state index is 0.811. The maximum absolute atomic E-state index is 2.72. The fourth-order valence-corrected chi connectivity index (χ4v) is 6.74. The van der Waals surface area contributed by atoms with E-state index < -0.39 is 8.07 Å². The van der Waals surface area contributed by atoms with Crippen molar-refractivity contribution in [1.82, 2.24) is 0 Å². The summed E-state index contributed by atoms with van der Waals surface area (Å²) in [5, 5.41) is 1.87. The van der Waals surface area contributed by atoms with Crippen LogP contribution < -0.4 is 0 Å². The van der Waals surface area contributed by atoms with Gasteiger partial charge in [-0.1, -0.05) is 88.2 Å². The van der Waals surface area contributed by atoms with E-state index >= 15 is 0 Å². The van der Waals surface area contributed by atoms with E-state index in [9.17, 15) is 0 Å². The molecular formula is C16H31BSi. The van der Waals surface area contributed by atoms with E-state index in [4.69, 9.17) is 0 Å². The molecule has 0 nitrogen and oxygen atoms in total. The maximum atomic E-state index is 2.72. The number of hydrogen-bond acceptors (Lipinski definition) is 0. The van der Waals surface area contributed by atoms with Crippen molar-refractivity contribution in [1.29, 1.82) is 0 Å². The second-order valence-electron chi connectivity index (χ2n) is 6.25. The van der Waals surface area contributed by atoms with Gasteiger partial charge in [-0.25, -0.2) is 0 Å². The predicted molar refractivity (Wildman–Crippen MR) is 89.1 cm³/mol. The van der Waals surface area contributed by atoms with Crippen LogP contribution in [0.4, 0.5) is 0 Å². The van der Waals surface area contributed by atoms with Crippen LogP contribution in [0.25, 0.3) is 0 Å². The lowest BCUT2D eigenvalue weighted by atomic mass is 9.39. The normalized spacial score (nSPS) is 18.2. The third-order valence-corrected chi connectivity index (χ3v) is 7.71. The molecule has 0 bridgehead atoms. The summed E-state index contributed by atoms with van der Waals surface area (Å²) in [4.78, 5) is 0. The van der Waals surface area contributed by atoms with E-state index in [-0.39, 0.29) is 0 Å². The van der Waals surface area contributed by atoms with E-state index in [1.54, 1.807) is 11.0 Å². The van der Waals surface area contributed by atoms with Gasteiger partial charge in [0.05, 0.1) is 8.07 Å². The van der Waals surface area contributed by atoms with Crippen LogP contribution in [0.5, 0.6) is 0 Å². The third kappa shape index (κ3) is 3.20. The first-order valence-electron chi connectivity index (χ1n) is 7.97. The Bertz CT molecular complexity index is 335. The lowest BCUT2D eigenvalue weighted by molar-refractivity contribution is 0.798. The molecule has 0 spiro atoms. The molecule has 0 aromatic heterocycles. The van der Waals surface area contributed by atoms with Crippen LogP contribution in [0.1, 0.15) is 53.4 Å². The van der Waals surface area contributed by atoms with Crippen LogP contribution in [0.15, 0.2) is 21.9 Å². The Morgan fingerprint density at radius 3 is 2.11 bits per heavy atom.